The Kier molecular flexibility index (Phi) is 7.52. The first-order valence-corrected chi connectivity index (χ1v) is 11.0. The predicted molar refractivity (Wildman–Crippen MR) is 120 cm³/mol. The maximum atomic E-state index is 13.9. The van der Waals surface area contributed by atoms with Crippen LogP contribution in [0.2, 0.25) is 5.02 Å². The van der Waals surface area contributed by atoms with E-state index in [9.17, 15) is 9.18 Å². The fourth-order valence-corrected chi connectivity index (χ4v) is 3.89. The lowest BCUT2D eigenvalue weighted by molar-refractivity contribution is -0.121. The molecule has 2 aromatic carbocycles. The van der Waals surface area contributed by atoms with Crippen molar-refractivity contribution in [3.8, 4) is 11.3 Å². The molecule has 0 bridgehead atoms. The molecule has 6 nitrogen and oxygen atoms in total. The zero-order valence-electron chi connectivity index (χ0n) is 17.6. The number of aromatic nitrogens is 1. The fraction of sp³-hybridized carbons (Fsp3) is 0.333. The molecule has 0 saturated carbocycles. The van der Waals surface area contributed by atoms with Crippen molar-refractivity contribution in [2.75, 3.05) is 32.8 Å². The van der Waals surface area contributed by atoms with Gasteiger partial charge in [-0.25, -0.2) is 9.37 Å². The number of halogens is 2. The minimum atomic E-state index is -0.371. The molecule has 2 heterocycles. The van der Waals surface area contributed by atoms with Gasteiger partial charge in [-0.1, -0.05) is 35.9 Å². The van der Waals surface area contributed by atoms with Crippen molar-refractivity contribution in [1.82, 2.24) is 15.2 Å². The third-order valence-electron chi connectivity index (χ3n) is 5.49. The molecular formula is C24H25ClFN3O3. The second-order valence-corrected chi connectivity index (χ2v) is 8.05. The summed E-state index contributed by atoms with van der Waals surface area (Å²) in [5.74, 6) is 0.293. The largest absolute Gasteiger partial charge is 0.441 e. The molecule has 1 amide bonds. The number of nitrogens with zero attached hydrogens (tertiary/aromatic N) is 2. The Bertz CT molecular complexity index is 1030. The lowest BCUT2D eigenvalue weighted by Crippen LogP contribution is -2.43. The van der Waals surface area contributed by atoms with Crippen LogP contribution in [0.15, 0.2) is 59.1 Å². The molecule has 1 aliphatic heterocycles. The fourth-order valence-electron chi connectivity index (χ4n) is 3.76. The van der Waals surface area contributed by atoms with Crippen LogP contribution in [0.1, 0.15) is 23.9 Å². The number of amides is 1. The van der Waals surface area contributed by atoms with E-state index in [4.69, 9.17) is 20.8 Å². The van der Waals surface area contributed by atoms with Crippen molar-refractivity contribution in [3.05, 3.63) is 77.0 Å². The van der Waals surface area contributed by atoms with Crippen molar-refractivity contribution in [2.45, 2.75) is 18.9 Å². The van der Waals surface area contributed by atoms with E-state index in [-0.39, 0.29) is 24.2 Å². The first-order chi connectivity index (χ1) is 15.6. The highest BCUT2D eigenvalue weighted by Gasteiger charge is 2.23. The van der Waals surface area contributed by atoms with Gasteiger partial charge in [0, 0.05) is 37.5 Å². The van der Waals surface area contributed by atoms with Crippen molar-refractivity contribution < 1.29 is 18.3 Å². The number of hydrogen-bond acceptors (Lipinski definition) is 5. The molecule has 1 N–H and O–H groups in total. The molecule has 1 saturated heterocycles. The van der Waals surface area contributed by atoms with Crippen LogP contribution in [0.5, 0.6) is 0 Å². The Morgan fingerprint density at radius 2 is 1.91 bits per heavy atom. The number of aryl methyl sites for hydroxylation is 1. The Hall–Kier alpha value is -2.74. The van der Waals surface area contributed by atoms with Crippen LogP contribution in [-0.2, 0) is 16.0 Å². The highest BCUT2D eigenvalue weighted by atomic mass is 35.5. The van der Waals surface area contributed by atoms with Gasteiger partial charge in [0.15, 0.2) is 11.7 Å². The second kappa shape index (κ2) is 10.7. The van der Waals surface area contributed by atoms with E-state index >= 15 is 0 Å². The number of nitrogens with one attached hydrogen (secondary N) is 1. The molecule has 1 unspecified atom stereocenters. The van der Waals surface area contributed by atoms with E-state index in [1.807, 2.05) is 24.3 Å². The van der Waals surface area contributed by atoms with Gasteiger partial charge in [-0.15, -0.1) is 0 Å². The Morgan fingerprint density at radius 3 is 2.66 bits per heavy atom. The van der Waals surface area contributed by atoms with E-state index in [1.54, 1.807) is 18.2 Å². The molecule has 1 aliphatic rings. The SMILES string of the molecule is O=C(CCc1ncc(-c2ccccc2F)o1)NCC(c1ccc(Cl)cc1)N1CCOCC1. The summed E-state index contributed by atoms with van der Waals surface area (Å²) in [6.45, 7) is 3.43. The van der Waals surface area contributed by atoms with Gasteiger partial charge in [-0.2, -0.15) is 0 Å². The molecule has 0 spiro atoms. The van der Waals surface area contributed by atoms with E-state index < -0.39 is 0 Å². The average Bonchev–Trinajstić information content (AvgIpc) is 3.29. The third kappa shape index (κ3) is 5.73. The minimum absolute atomic E-state index is 0.0366. The highest BCUT2D eigenvalue weighted by molar-refractivity contribution is 6.30. The number of rotatable bonds is 8. The molecule has 0 aliphatic carbocycles. The smallest absolute Gasteiger partial charge is 0.220 e. The Labute approximate surface area is 191 Å². The quantitative estimate of drug-likeness (QED) is 0.547. The van der Waals surface area contributed by atoms with Crippen LogP contribution in [0.3, 0.4) is 0 Å². The number of benzene rings is 2. The number of carbonyl (C=O) groups is 1. The van der Waals surface area contributed by atoms with Crippen LogP contribution in [0.25, 0.3) is 11.3 Å². The summed E-state index contributed by atoms with van der Waals surface area (Å²) in [6, 6.07) is 14.1. The number of morpholine rings is 1. The van der Waals surface area contributed by atoms with E-state index in [1.165, 1.54) is 12.3 Å². The van der Waals surface area contributed by atoms with Crippen LogP contribution >= 0.6 is 11.6 Å². The van der Waals surface area contributed by atoms with Gasteiger partial charge in [0.1, 0.15) is 5.82 Å². The molecule has 8 heteroatoms. The van der Waals surface area contributed by atoms with Crippen molar-refractivity contribution in [2.24, 2.45) is 0 Å². The van der Waals surface area contributed by atoms with Gasteiger partial charge in [0.25, 0.3) is 0 Å². The molecule has 1 atom stereocenters. The Balaban J connectivity index is 1.33. The number of oxazole rings is 1. The third-order valence-corrected chi connectivity index (χ3v) is 5.74. The van der Waals surface area contributed by atoms with Crippen LogP contribution in [0.4, 0.5) is 4.39 Å². The second-order valence-electron chi connectivity index (χ2n) is 7.62. The number of carbonyl (C=O) groups excluding carboxylic acids is 1. The molecular weight excluding hydrogens is 433 g/mol. The lowest BCUT2D eigenvalue weighted by atomic mass is 10.0. The Morgan fingerprint density at radius 1 is 1.16 bits per heavy atom. The zero-order chi connectivity index (χ0) is 22.3. The molecule has 3 aromatic rings. The normalized spacial score (nSPS) is 15.4. The summed E-state index contributed by atoms with van der Waals surface area (Å²) >= 11 is 6.04. The first-order valence-electron chi connectivity index (χ1n) is 10.6. The summed E-state index contributed by atoms with van der Waals surface area (Å²) in [5.41, 5.74) is 1.45. The summed E-state index contributed by atoms with van der Waals surface area (Å²) in [6.07, 6.45) is 2.05. The van der Waals surface area contributed by atoms with Crippen molar-refractivity contribution >= 4 is 17.5 Å². The maximum Gasteiger partial charge on any atom is 0.220 e. The van der Waals surface area contributed by atoms with Gasteiger partial charge in [0.2, 0.25) is 5.91 Å². The first kappa shape index (κ1) is 22.5. The van der Waals surface area contributed by atoms with Gasteiger partial charge in [-0.3, -0.25) is 9.69 Å². The van der Waals surface area contributed by atoms with Gasteiger partial charge >= 0.3 is 0 Å². The molecule has 0 radical (unpaired) electrons. The van der Waals surface area contributed by atoms with E-state index in [2.05, 4.69) is 15.2 Å². The van der Waals surface area contributed by atoms with E-state index in [0.717, 1.165) is 18.7 Å². The zero-order valence-corrected chi connectivity index (χ0v) is 18.4. The molecule has 4 rings (SSSR count). The van der Waals surface area contributed by atoms with Gasteiger partial charge in [0.05, 0.1) is 31.0 Å². The standard InChI is InChI=1S/C24H25ClFN3O3/c25-18-7-5-17(6-8-18)21(29-11-13-31-14-12-29)15-27-23(30)9-10-24-28-16-22(32-24)19-3-1-2-4-20(19)26/h1-8,16,21H,9-15H2,(H,27,30). The molecule has 168 valence electrons. The van der Waals surface area contributed by atoms with Crippen LogP contribution in [0, 0.1) is 5.82 Å². The number of hydrogen-bond donors (Lipinski definition) is 1. The number of ether oxygens (including phenoxy) is 1. The highest BCUT2D eigenvalue weighted by Crippen LogP contribution is 2.24. The minimum Gasteiger partial charge on any atom is -0.441 e. The molecule has 1 aromatic heterocycles. The molecule has 32 heavy (non-hydrogen) atoms. The maximum absolute atomic E-state index is 13.9. The topological polar surface area (TPSA) is 67.6 Å². The van der Waals surface area contributed by atoms with E-state index in [0.29, 0.717) is 48.4 Å². The summed E-state index contributed by atoms with van der Waals surface area (Å²) < 4.78 is 25.0. The lowest BCUT2D eigenvalue weighted by Gasteiger charge is -2.35. The van der Waals surface area contributed by atoms with Gasteiger partial charge < -0.3 is 14.5 Å². The van der Waals surface area contributed by atoms with Crippen LogP contribution < -0.4 is 5.32 Å². The predicted octanol–water partition coefficient (Wildman–Crippen LogP) is 4.26. The summed E-state index contributed by atoms with van der Waals surface area (Å²) in [4.78, 5) is 19.0. The summed E-state index contributed by atoms with van der Waals surface area (Å²) in [5, 5.41) is 3.71. The molecule has 1 fully saturated rings. The summed E-state index contributed by atoms with van der Waals surface area (Å²) in [7, 11) is 0. The van der Waals surface area contributed by atoms with Crippen molar-refractivity contribution in [1.29, 1.82) is 0 Å². The van der Waals surface area contributed by atoms with Crippen molar-refractivity contribution in [3.63, 3.8) is 0 Å². The monoisotopic (exact) mass is 457 g/mol. The average molecular weight is 458 g/mol. The van der Waals surface area contributed by atoms with Gasteiger partial charge in [-0.05, 0) is 29.8 Å². The van der Waals surface area contributed by atoms with Crippen LogP contribution in [-0.4, -0.2) is 48.6 Å².